The van der Waals surface area contributed by atoms with Crippen LogP contribution in [0.1, 0.15) is 27.0 Å². The summed E-state index contributed by atoms with van der Waals surface area (Å²) in [6.07, 6.45) is 0.916. The third-order valence-corrected chi connectivity index (χ3v) is 3.59. The van der Waals surface area contributed by atoms with Crippen LogP contribution in [0.15, 0.2) is 36.4 Å². The van der Waals surface area contributed by atoms with Crippen molar-refractivity contribution in [1.82, 2.24) is 0 Å². The van der Waals surface area contributed by atoms with Crippen LogP contribution in [0.25, 0.3) is 0 Å². The van der Waals surface area contributed by atoms with Crippen LogP contribution >= 0.6 is 0 Å². The van der Waals surface area contributed by atoms with E-state index in [1.54, 1.807) is 19.1 Å². The molecule has 1 aliphatic heterocycles. The fourth-order valence-corrected chi connectivity index (χ4v) is 2.47. The maximum Gasteiger partial charge on any atom is 0.335 e. The number of aryl methyl sites for hydroxylation is 1. The van der Waals surface area contributed by atoms with E-state index in [1.807, 2.05) is 24.3 Å². The third-order valence-electron chi connectivity index (χ3n) is 3.59. The number of ether oxygens (including phenoxy) is 2. The molecule has 1 heterocycles. The van der Waals surface area contributed by atoms with Crippen molar-refractivity contribution in [2.75, 3.05) is 6.61 Å². The molecule has 0 radical (unpaired) electrons. The normalized spacial score (nSPS) is 12.6. The maximum absolute atomic E-state index is 11.0. The van der Waals surface area contributed by atoms with Gasteiger partial charge in [-0.05, 0) is 42.3 Å². The number of carbonyl (C=O) groups is 1. The Balaban J connectivity index is 1.70. The minimum absolute atomic E-state index is 0.327. The highest BCUT2D eigenvalue weighted by Crippen LogP contribution is 2.29. The molecular formula is C17H16O4. The molecule has 0 saturated carbocycles. The smallest absolute Gasteiger partial charge is 0.335 e. The molecule has 0 aliphatic carbocycles. The molecule has 0 bridgehead atoms. The largest absolute Gasteiger partial charge is 0.493 e. The molecule has 3 rings (SSSR count). The Morgan fingerprint density at radius 2 is 2.14 bits per heavy atom. The summed E-state index contributed by atoms with van der Waals surface area (Å²) in [6.45, 7) is 2.94. The summed E-state index contributed by atoms with van der Waals surface area (Å²) in [6, 6.07) is 11.1. The Hall–Kier alpha value is -2.49. The van der Waals surface area contributed by atoms with Gasteiger partial charge < -0.3 is 14.6 Å². The standard InChI is InChI=1S/C17H16O4/c1-11-8-12(2-4-15(11)17(18)19)10-21-14-3-5-16-13(9-14)6-7-20-16/h2-5,8-9H,6-7,10H2,1H3,(H,18,19). The minimum Gasteiger partial charge on any atom is -0.493 e. The van der Waals surface area contributed by atoms with Crippen LogP contribution in [0.5, 0.6) is 11.5 Å². The summed E-state index contributed by atoms with van der Waals surface area (Å²) < 4.78 is 11.2. The summed E-state index contributed by atoms with van der Waals surface area (Å²) in [5.41, 5.74) is 3.19. The number of carboxylic acid groups (broad SMARTS) is 1. The van der Waals surface area contributed by atoms with Gasteiger partial charge in [-0.15, -0.1) is 0 Å². The second-order valence-electron chi connectivity index (χ2n) is 5.11. The quantitative estimate of drug-likeness (QED) is 0.936. The summed E-state index contributed by atoms with van der Waals surface area (Å²) in [5, 5.41) is 9.01. The van der Waals surface area contributed by atoms with E-state index in [-0.39, 0.29) is 0 Å². The molecule has 4 nitrogen and oxygen atoms in total. The first-order chi connectivity index (χ1) is 10.1. The van der Waals surface area contributed by atoms with Crippen LogP contribution in [0.4, 0.5) is 0 Å². The van der Waals surface area contributed by atoms with Gasteiger partial charge in [-0.25, -0.2) is 4.79 Å². The molecule has 1 aliphatic rings. The van der Waals surface area contributed by atoms with E-state index >= 15 is 0 Å². The SMILES string of the molecule is Cc1cc(COc2ccc3c(c2)CCO3)ccc1C(=O)O. The lowest BCUT2D eigenvalue weighted by atomic mass is 10.1. The first-order valence-corrected chi connectivity index (χ1v) is 6.85. The predicted octanol–water partition coefficient (Wildman–Crippen LogP) is 3.21. The topological polar surface area (TPSA) is 55.8 Å². The van der Waals surface area contributed by atoms with Gasteiger partial charge in [0.25, 0.3) is 0 Å². The van der Waals surface area contributed by atoms with Gasteiger partial charge in [0.15, 0.2) is 0 Å². The highest BCUT2D eigenvalue weighted by Gasteiger charge is 2.12. The number of fused-ring (bicyclic) bond motifs is 1. The molecule has 0 aromatic heterocycles. The Labute approximate surface area is 122 Å². The molecule has 108 valence electrons. The number of aromatic carboxylic acids is 1. The lowest BCUT2D eigenvalue weighted by Gasteiger charge is -2.09. The molecule has 1 N–H and O–H groups in total. The Bertz CT molecular complexity index is 691. The van der Waals surface area contributed by atoms with E-state index in [4.69, 9.17) is 14.6 Å². The number of benzene rings is 2. The van der Waals surface area contributed by atoms with E-state index in [0.29, 0.717) is 12.2 Å². The molecule has 0 saturated heterocycles. The zero-order valence-electron chi connectivity index (χ0n) is 11.8. The zero-order valence-corrected chi connectivity index (χ0v) is 11.8. The monoisotopic (exact) mass is 284 g/mol. The van der Waals surface area contributed by atoms with Gasteiger partial charge in [0.05, 0.1) is 12.2 Å². The zero-order chi connectivity index (χ0) is 14.8. The van der Waals surface area contributed by atoms with Gasteiger partial charge in [0, 0.05) is 12.0 Å². The molecule has 0 amide bonds. The first-order valence-electron chi connectivity index (χ1n) is 6.85. The number of hydrogen-bond donors (Lipinski definition) is 1. The van der Waals surface area contributed by atoms with Crippen molar-refractivity contribution in [3.8, 4) is 11.5 Å². The third kappa shape index (κ3) is 2.84. The molecule has 21 heavy (non-hydrogen) atoms. The average Bonchev–Trinajstić information content (AvgIpc) is 2.92. The van der Waals surface area contributed by atoms with Crippen LogP contribution in [0, 0.1) is 6.92 Å². The lowest BCUT2D eigenvalue weighted by molar-refractivity contribution is 0.0696. The Morgan fingerprint density at radius 1 is 1.29 bits per heavy atom. The van der Waals surface area contributed by atoms with Crippen molar-refractivity contribution in [3.63, 3.8) is 0 Å². The second kappa shape index (κ2) is 5.48. The highest BCUT2D eigenvalue weighted by molar-refractivity contribution is 5.89. The van der Waals surface area contributed by atoms with E-state index in [9.17, 15) is 4.79 Å². The summed E-state index contributed by atoms with van der Waals surface area (Å²) >= 11 is 0. The van der Waals surface area contributed by atoms with Gasteiger partial charge in [-0.3, -0.25) is 0 Å². The maximum atomic E-state index is 11.0. The van der Waals surface area contributed by atoms with Gasteiger partial charge in [0.2, 0.25) is 0 Å². The van der Waals surface area contributed by atoms with Crippen molar-refractivity contribution in [2.24, 2.45) is 0 Å². The molecule has 0 spiro atoms. The number of hydrogen-bond acceptors (Lipinski definition) is 3. The molecule has 2 aromatic rings. The molecule has 0 atom stereocenters. The van der Waals surface area contributed by atoms with E-state index in [2.05, 4.69) is 0 Å². The summed E-state index contributed by atoms with van der Waals surface area (Å²) in [7, 11) is 0. The van der Waals surface area contributed by atoms with Crippen LogP contribution in [0.2, 0.25) is 0 Å². The van der Waals surface area contributed by atoms with Gasteiger partial charge in [0.1, 0.15) is 18.1 Å². The molecule has 0 unspecified atom stereocenters. The van der Waals surface area contributed by atoms with Crippen LogP contribution < -0.4 is 9.47 Å². The van der Waals surface area contributed by atoms with Crippen LogP contribution in [-0.4, -0.2) is 17.7 Å². The lowest BCUT2D eigenvalue weighted by Crippen LogP contribution is -2.02. The van der Waals surface area contributed by atoms with Gasteiger partial charge in [-0.1, -0.05) is 12.1 Å². The van der Waals surface area contributed by atoms with E-state index in [0.717, 1.165) is 35.7 Å². The average molecular weight is 284 g/mol. The number of rotatable bonds is 4. The van der Waals surface area contributed by atoms with Crippen molar-refractivity contribution < 1.29 is 19.4 Å². The predicted molar refractivity (Wildman–Crippen MR) is 78.1 cm³/mol. The van der Waals surface area contributed by atoms with Crippen molar-refractivity contribution in [1.29, 1.82) is 0 Å². The van der Waals surface area contributed by atoms with Crippen molar-refractivity contribution in [3.05, 3.63) is 58.7 Å². The first kappa shape index (κ1) is 13.5. The van der Waals surface area contributed by atoms with Crippen molar-refractivity contribution >= 4 is 5.97 Å². The highest BCUT2D eigenvalue weighted by atomic mass is 16.5. The Kier molecular flexibility index (Phi) is 3.52. The minimum atomic E-state index is -0.904. The molecule has 4 heteroatoms. The fraction of sp³-hybridized carbons (Fsp3) is 0.235. The van der Waals surface area contributed by atoms with Gasteiger partial charge >= 0.3 is 5.97 Å². The van der Waals surface area contributed by atoms with Gasteiger partial charge in [-0.2, -0.15) is 0 Å². The van der Waals surface area contributed by atoms with Crippen LogP contribution in [0.3, 0.4) is 0 Å². The fourth-order valence-electron chi connectivity index (χ4n) is 2.47. The van der Waals surface area contributed by atoms with Crippen molar-refractivity contribution in [2.45, 2.75) is 20.0 Å². The number of carboxylic acids is 1. The van der Waals surface area contributed by atoms with Crippen LogP contribution in [-0.2, 0) is 13.0 Å². The molecule has 2 aromatic carbocycles. The summed E-state index contributed by atoms with van der Waals surface area (Å²) in [4.78, 5) is 11.0. The second-order valence-corrected chi connectivity index (χ2v) is 5.11. The van der Waals surface area contributed by atoms with E-state index < -0.39 is 5.97 Å². The molecular weight excluding hydrogens is 268 g/mol. The summed E-state index contributed by atoms with van der Waals surface area (Å²) in [5.74, 6) is 0.835. The molecule has 0 fully saturated rings. The van der Waals surface area contributed by atoms with E-state index in [1.165, 1.54) is 5.56 Å². The Morgan fingerprint density at radius 3 is 2.90 bits per heavy atom.